The van der Waals surface area contributed by atoms with Crippen LogP contribution in [0.5, 0.6) is 0 Å². The van der Waals surface area contributed by atoms with E-state index in [2.05, 4.69) is 0 Å². The third-order valence-corrected chi connectivity index (χ3v) is 0.591. The van der Waals surface area contributed by atoms with Crippen LogP contribution in [0.4, 0.5) is 0 Å². The molecule has 0 unspecified atom stereocenters. The molecule has 11 heavy (non-hydrogen) atoms. The van der Waals surface area contributed by atoms with Crippen LogP contribution in [0.25, 0.3) is 0 Å². The van der Waals surface area contributed by atoms with Crippen LogP contribution in [-0.4, -0.2) is 35.4 Å². The van der Waals surface area contributed by atoms with Crippen molar-refractivity contribution in [2.24, 2.45) is 0 Å². The fourth-order valence-corrected chi connectivity index (χ4v) is 0.204. The smallest absolute Gasteiger partial charge is 0.414 e. The molecule has 0 radical (unpaired) electrons. The Morgan fingerprint density at radius 3 is 1.36 bits per heavy atom. The molecule has 0 rings (SSSR count). The van der Waals surface area contributed by atoms with Gasteiger partial charge in [0.05, 0.1) is 0 Å². The van der Waals surface area contributed by atoms with Gasteiger partial charge in [-0.15, -0.1) is 0 Å². The van der Waals surface area contributed by atoms with Gasteiger partial charge < -0.3 is 14.9 Å². The van der Waals surface area contributed by atoms with Crippen molar-refractivity contribution in [1.29, 1.82) is 0 Å². The van der Waals surface area contributed by atoms with E-state index in [0.29, 0.717) is 0 Å². The zero-order valence-corrected chi connectivity index (χ0v) is 6.53. The van der Waals surface area contributed by atoms with Crippen LogP contribution in [-0.2, 0) is 14.3 Å². The van der Waals surface area contributed by atoms with Crippen LogP contribution in [0.1, 0.15) is 13.8 Å². The van der Waals surface area contributed by atoms with Gasteiger partial charge in [-0.25, -0.2) is 9.59 Å². The summed E-state index contributed by atoms with van der Waals surface area (Å²) in [4.78, 5) is 18.2. The maximum absolute atomic E-state index is 9.10. The lowest BCUT2D eigenvalue weighted by atomic mass is 10.7. The molecule has 0 amide bonds. The van der Waals surface area contributed by atoms with Crippen LogP contribution in [0.3, 0.4) is 0 Å². The van der Waals surface area contributed by atoms with Crippen LogP contribution in [0.15, 0.2) is 0 Å². The van der Waals surface area contributed by atoms with Gasteiger partial charge >= 0.3 is 11.9 Å². The number of rotatable bonds is 2. The topological polar surface area (TPSA) is 83.8 Å². The second kappa shape index (κ2) is 8.90. The molecule has 66 valence electrons. The molecule has 0 spiro atoms. The van der Waals surface area contributed by atoms with E-state index < -0.39 is 11.9 Å². The van der Waals surface area contributed by atoms with Crippen LogP contribution < -0.4 is 0 Å². The molecule has 0 atom stereocenters. The summed E-state index contributed by atoms with van der Waals surface area (Å²) in [5.74, 6) is -3.65. The summed E-state index contributed by atoms with van der Waals surface area (Å²) in [5, 5.41) is 14.8. The monoisotopic (exact) mass is 164 g/mol. The lowest BCUT2D eigenvalue weighted by molar-refractivity contribution is -0.159. The van der Waals surface area contributed by atoms with E-state index in [1.807, 2.05) is 13.8 Å². The summed E-state index contributed by atoms with van der Waals surface area (Å²) >= 11 is 0. The summed E-state index contributed by atoms with van der Waals surface area (Å²) in [7, 11) is 0. The minimum absolute atomic E-state index is 0.844. The van der Waals surface area contributed by atoms with E-state index in [1.54, 1.807) is 0 Å². The molecule has 0 aromatic rings. The minimum Gasteiger partial charge on any atom is -0.473 e. The molecular formula is C6H12O5. The third-order valence-electron chi connectivity index (χ3n) is 0.591. The number of hydrogen-bond donors (Lipinski definition) is 2. The van der Waals surface area contributed by atoms with E-state index >= 15 is 0 Å². The Bertz CT molecular complexity index is 106. The van der Waals surface area contributed by atoms with Crippen LogP contribution >= 0.6 is 0 Å². The molecular weight excluding hydrogens is 152 g/mol. The highest BCUT2D eigenvalue weighted by atomic mass is 16.5. The first-order valence-electron chi connectivity index (χ1n) is 3.10. The molecule has 0 heterocycles. The Kier molecular flexibility index (Phi) is 10.2. The summed E-state index contributed by atoms with van der Waals surface area (Å²) in [6, 6.07) is 0. The standard InChI is InChI=1S/C4H10O.C2H2O4/c1-3-5-4-2;3-1(4)2(5)6/h3-4H2,1-2H3;(H,3,4)(H,5,6). The highest BCUT2D eigenvalue weighted by molar-refractivity contribution is 6.27. The predicted octanol–water partition coefficient (Wildman–Crippen LogP) is 0.198. The second-order valence-corrected chi connectivity index (χ2v) is 1.39. The molecule has 0 fully saturated rings. The molecule has 0 aromatic heterocycles. The lowest BCUT2D eigenvalue weighted by Crippen LogP contribution is -2.09. The van der Waals surface area contributed by atoms with Crippen LogP contribution in [0, 0.1) is 0 Å². The van der Waals surface area contributed by atoms with Crippen molar-refractivity contribution in [3.05, 3.63) is 0 Å². The van der Waals surface area contributed by atoms with Gasteiger partial charge in [-0.3, -0.25) is 0 Å². The quantitative estimate of drug-likeness (QED) is 0.569. The molecule has 5 heteroatoms. The molecule has 0 bridgehead atoms. The van der Waals surface area contributed by atoms with Crippen LogP contribution in [0.2, 0.25) is 0 Å². The molecule has 0 aliphatic heterocycles. The van der Waals surface area contributed by atoms with E-state index in [1.165, 1.54) is 0 Å². The molecule has 0 saturated heterocycles. The fraction of sp³-hybridized carbons (Fsp3) is 0.667. The zero-order chi connectivity index (χ0) is 9.28. The first-order valence-corrected chi connectivity index (χ1v) is 3.10. The SMILES string of the molecule is CCOCC.O=C(O)C(=O)O. The second-order valence-electron chi connectivity index (χ2n) is 1.39. The molecule has 0 aliphatic rings. The van der Waals surface area contributed by atoms with Gasteiger partial charge in [0, 0.05) is 13.2 Å². The number of carboxylic acid groups (broad SMARTS) is 2. The average Bonchev–Trinajstić information content (AvgIpc) is 1.90. The number of aliphatic carboxylic acids is 2. The molecule has 5 nitrogen and oxygen atoms in total. The number of ether oxygens (including phenoxy) is 1. The van der Waals surface area contributed by atoms with Crippen molar-refractivity contribution in [3.8, 4) is 0 Å². The fourth-order valence-electron chi connectivity index (χ4n) is 0.204. The molecule has 0 aromatic carbocycles. The Labute approximate surface area is 64.6 Å². The van der Waals surface area contributed by atoms with Crippen molar-refractivity contribution in [3.63, 3.8) is 0 Å². The Morgan fingerprint density at radius 1 is 1.09 bits per heavy atom. The van der Waals surface area contributed by atoms with Gasteiger partial charge in [0.1, 0.15) is 0 Å². The normalized spacial score (nSPS) is 7.82. The van der Waals surface area contributed by atoms with Gasteiger partial charge in [-0.05, 0) is 13.8 Å². The van der Waals surface area contributed by atoms with Crippen molar-refractivity contribution >= 4 is 11.9 Å². The Morgan fingerprint density at radius 2 is 1.36 bits per heavy atom. The maximum atomic E-state index is 9.10. The largest absolute Gasteiger partial charge is 0.473 e. The summed E-state index contributed by atoms with van der Waals surface area (Å²) in [5.41, 5.74) is 0. The van der Waals surface area contributed by atoms with Gasteiger partial charge in [0.2, 0.25) is 0 Å². The van der Waals surface area contributed by atoms with Crippen molar-refractivity contribution in [1.82, 2.24) is 0 Å². The van der Waals surface area contributed by atoms with Gasteiger partial charge in [-0.1, -0.05) is 0 Å². The molecule has 0 saturated carbocycles. The predicted molar refractivity (Wildman–Crippen MR) is 37.4 cm³/mol. The van der Waals surface area contributed by atoms with E-state index in [9.17, 15) is 0 Å². The van der Waals surface area contributed by atoms with Gasteiger partial charge in [0.25, 0.3) is 0 Å². The summed E-state index contributed by atoms with van der Waals surface area (Å²) in [6.07, 6.45) is 0. The Balaban J connectivity index is 0. The highest BCUT2D eigenvalue weighted by Crippen LogP contribution is 1.64. The van der Waals surface area contributed by atoms with Gasteiger partial charge in [-0.2, -0.15) is 0 Å². The highest BCUT2D eigenvalue weighted by Gasteiger charge is 2.04. The number of hydrogen-bond acceptors (Lipinski definition) is 3. The minimum atomic E-state index is -1.82. The molecule has 2 N–H and O–H groups in total. The maximum Gasteiger partial charge on any atom is 0.414 e. The van der Waals surface area contributed by atoms with Crippen molar-refractivity contribution in [2.45, 2.75) is 13.8 Å². The van der Waals surface area contributed by atoms with Crippen molar-refractivity contribution in [2.75, 3.05) is 13.2 Å². The Hall–Kier alpha value is -1.10. The van der Waals surface area contributed by atoms with E-state index in [4.69, 9.17) is 24.5 Å². The number of carbonyl (C=O) groups is 2. The summed E-state index contributed by atoms with van der Waals surface area (Å²) < 4.78 is 4.83. The lowest BCUT2D eigenvalue weighted by Gasteiger charge is -1.86. The van der Waals surface area contributed by atoms with E-state index in [0.717, 1.165) is 13.2 Å². The zero-order valence-electron chi connectivity index (χ0n) is 6.53. The van der Waals surface area contributed by atoms with Crippen molar-refractivity contribution < 1.29 is 24.5 Å². The average molecular weight is 164 g/mol. The summed E-state index contributed by atoms with van der Waals surface area (Å²) in [6.45, 7) is 5.67. The number of carboxylic acids is 2. The third kappa shape index (κ3) is 17.6. The molecule has 0 aliphatic carbocycles. The first-order chi connectivity index (χ1) is 5.06. The van der Waals surface area contributed by atoms with E-state index in [-0.39, 0.29) is 0 Å². The van der Waals surface area contributed by atoms with Gasteiger partial charge in [0.15, 0.2) is 0 Å². The first kappa shape index (κ1) is 12.6.